The fourth-order valence-electron chi connectivity index (χ4n) is 1.06. The monoisotopic (exact) mass is 149 g/mol. The van der Waals surface area contributed by atoms with Gasteiger partial charge < -0.3 is 5.73 Å². The first-order valence-corrected chi connectivity index (χ1v) is 4.88. The van der Waals surface area contributed by atoms with Crippen LogP contribution in [0.25, 0.3) is 0 Å². The second-order valence-electron chi connectivity index (χ2n) is 2.52. The van der Waals surface area contributed by atoms with E-state index in [1.165, 1.54) is 0 Å². The highest BCUT2D eigenvalue weighted by Crippen LogP contribution is 2.09. The molecule has 0 unspecified atom stereocenters. The van der Waals surface area contributed by atoms with Crippen molar-refractivity contribution in [2.24, 2.45) is 5.73 Å². The van der Waals surface area contributed by atoms with Crippen LogP contribution < -0.4 is 5.73 Å². The Bertz CT molecular complexity index is 185. The summed E-state index contributed by atoms with van der Waals surface area (Å²) in [6, 6.07) is -0.108. The van der Waals surface area contributed by atoms with Crippen LogP contribution in [0.3, 0.4) is 0 Å². The topological polar surface area (TPSA) is 60.2 Å². The second-order valence-corrected chi connectivity index (χ2v) is 4.75. The van der Waals surface area contributed by atoms with Gasteiger partial charge in [-0.05, 0) is 12.8 Å². The Morgan fingerprint density at radius 1 is 1.44 bits per heavy atom. The summed E-state index contributed by atoms with van der Waals surface area (Å²) >= 11 is 0. The molecule has 4 heteroatoms. The standard InChI is InChI=1S/C5H11NO2S/c6-5-2-1-3-9(7,8)4-5/h5H,1-4,6H2/t5-/m0/s1. The van der Waals surface area contributed by atoms with Crippen LogP contribution in [0.2, 0.25) is 0 Å². The zero-order chi connectivity index (χ0) is 6.91. The Kier molecular flexibility index (Phi) is 1.77. The largest absolute Gasteiger partial charge is 0.327 e. The fraction of sp³-hybridized carbons (Fsp3) is 1.00. The normalized spacial score (nSPS) is 34.1. The molecule has 0 amide bonds. The number of sulfone groups is 1. The Morgan fingerprint density at radius 3 is 2.44 bits per heavy atom. The lowest BCUT2D eigenvalue weighted by Crippen LogP contribution is -2.35. The van der Waals surface area contributed by atoms with Crippen molar-refractivity contribution >= 4 is 9.84 Å². The Hall–Kier alpha value is -0.0900. The van der Waals surface area contributed by atoms with Crippen molar-refractivity contribution in [2.45, 2.75) is 18.9 Å². The highest BCUT2D eigenvalue weighted by molar-refractivity contribution is 7.91. The van der Waals surface area contributed by atoms with Gasteiger partial charge in [-0.3, -0.25) is 0 Å². The summed E-state index contributed by atoms with van der Waals surface area (Å²) in [4.78, 5) is 0. The maximum atomic E-state index is 10.8. The maximum Gasteiger partial charge on any atom is 0.151 e. The van der Waals surface area contributed by atoms with Crippen molar-refractivity contribution < 1.29 is 8.42 Å². The van der Waals surface area contributed by atoms with Crippen LogP contribution in [0.15, 0.2) is 0 Å². The third kappa shape index (κ3) is 1.95. The smallest absolute Gasteiger partial charge is 0.151 e. The molecule has 0 aliphatic carbocycles. The first-order valence-electron chi connectivity index (χ1n) is 3.06. The van der Waals surface area contributed by atoms with Crippen LogP contribution in [-0.4, -0.2) is 26.0 Å². The van der Waals surface area contributed by atoms with E-state index in [2.05, 4.69) is 0 Å². The molecule has 1 saturated heterocycles. The van der Waals surface area contributed by atoms with Crippen molar-refractivity contribution in [2.75, 3.05) is 11.5 Å². The Morgan fingerprint density at radius 2 is 2.11 bits per heavy atom. The highest BCUT2D eigenvalue weighted by atomic mass is 32.2. The van der Waals surface area contributed by atoms with Crippen molar-refractivity contribution in [1.82, 2.24) is 0 Å². The molecule has 1 aliphatic heterocycles. The van der Waals surface area contributed by atoms with E-state index in [9.17, 15) is 8.42 Å². The molecule has 0 bridgehead atoms. The van der Waals surface area contributed by atoms with Crippen LogP contribution in [-0.2, 0) is 9.84 Å². The second kappa shape index (κ2) is 2.27. The van der Waals surface area contributed by atoms with Crippen molar-refractivity contribution in [3.63, 3.8) is 0 Å². The molecular formula is C5H11NO2S. The lowest BCUT2D eigenvalue weighted by atomic mass is 10.2. The van der Waals surface area contributed by atoms with E-state index < -0.39 is 9.84 Å². The molecule has 9 heavy (non-hydrogen) atoms. The predicted octanol–water partition coefficient (Wildman–Crippen LogP) is -0.478. The van der Waals surface area contributed by atoms with E-state index >= 15 is 0 Å². The average Bonchev–Trinajstić information content (AvgIpc) is 1.60. The van der Waals surface area contributed by atoms with Gasteiger partial charge >= 0.3 is 0 Å². The average molecular weight is 149 g/mol. The molecular weight excluding hydrogens is 138 g/mol. The van der Waals surface area contributed by atoms with Gasteiger partial charge in [-0.25, -0.2) is 8.42 Å². The Balaban J connectivity index is 2.62. The molecule has 0 aromatic carbocycles. The predicted molar refractivity (Wildman–Crippen MR) is 35.9 cm³/mol. The minimum Gasteiger partial charge on any atom is -0.327 e. The van der Waals surface area contributed by atoms with Crippen molar-refractivity contribution in [3.8, 4) is 0 Å². The number of rotatable bonds is 0. The van der Waals surface area contributed by atoms with Gasteiger partial charge in [0.15, 0.2) is 9.84 Å². The molecule has 0 saturated carbocycles. The number of hydrogen-bond acceptors (Lipinski definition) is 3. The van der Waals surface area contributed by atoms with Gasteiger partial charge in [-0.15, -0.1) is 0 Å². The van der Waals surface area contributed by atoms with E-state index in [0.29, 0.717) is 5.75 Å². The molecule has 1 heterocycles. The minimum atomic E-state index is -2.76. The molecule has 0 aromatic rings. The lowest BCUT2D eigenvalue weighted by Gasteiger charge is -2.16. The zero-order valence-electron chi connectivity index (χ0n) is 5.21. The molecule has 3 nitrogen and oxygen atoms in total. The highest BCUT2D eigenvalue weighted by Gasteiger charge is 2.21. The lowest BCUT2D eigenvalue weighted by molar-refractivity contribution is 0.552. The molecule has 0 radical (unpaired) electrons. The molecule has 2 N–H and O–H groups in total. The van der Waals surface area contributed by atoms with E-state index in [1.807, 2.05) is 0 Å². The summed E-state index contributed by atoms with van der Waals surface area (Å²) in [5, 5.41) is 0. The van der Waals surface area contributed by atoms with Gasteiger partial charge in [0.25, 0.3) is 0 Å². The fourth-order valence-corrected chi connectivity index (χ4v) is 2.65. The van der Waals surface area contributed by atoms with Gasteiger partial charge in [0.05, 0.1) is 11.5 Å². The molecule has 1 rings (SSSR count). The maximum absolute atomic E-state index is 10.8. The van der Waals surface area contributed by atoms with E-state index in [-0.39, 0.29) is 11.8 Å². The van der Waals surface area contributed by atoms with Crippen LogP contribution >= 0.6 is 0 Å². The third-order valence-electron chi connectivity index (χ3n) is 1.50. The zero-order valence-corrected chi connectivity index (χ0v) is 6.02. The molecule has 1 fully saturated rings. The SMILES string of the molecule is N[C@H]1CCCS(=O)(=O)C1. The van der Waals surface area contributed by atoms with Gasteiger partial charge in [-0.2, -0.15) is 0 Å². The van der Waals surface area contributed by atoms with Crippen LogP contribution in [0, 0.1) is 0 Å². The molecule has 0 aromatic heterocycles. The quantitative estimate of drug-likeness (QED) is 0.506. The van der Waals surface area contributed by atoms with Crippen molar-refractivity contribution in [1.29, 1.82) is 0 Å². The summed E-state index contributed by atoms with van der Waals surface area (Å²) in [7, 11) is -2.76. The molecule has 1 aliphatic rings. The third-order valence-corrected chi connectivity index (χ3v) is 3.34. The summed E-state index contributed by atoms with van der Waals surface area (Å²) in [6.07, 6.45) is 1.60. The number of nitrogens with two attached hydrogens (primary N) is 1. The summed E-state index contributed by atoms with van der Waals surface area (Å²) < 4.78 is 21.6. The van der Waals surface area contributed by atoms with Gasteiger partial charge in [-0.1, -0.05) is 0 Å². The summed E-state index contributed by atoms with van der Waals surface area (Å²) in [5.74, 6) is 0.522. The summed E-state index contributed by atoms with van der Waals surface area (Å²) in [6.45, 7) is 0. The first kappa shape index (κ1) is 7.02. The van der Waals surface area contributed by atoms with E-state index in [0.717, 1.165) is 12.8 Å². The number of hydrogen-bond donors (Lipinski definition) is 1. The molecule has 54 valence electrons. The van der Waals surface area contributed by atoms with Crippen LogP contribution in [0.4, 0.5) is 0 Å². The van der Waals surface area contributed by atoms with Crippen LogP contribution in [0.5, 0.6) is 0 Å². The first-order chi connectivity index (χ1) is 4.10. The van der Waals surface area contributed by atoms with Gasteiger partial charge in [0.2, 0.25) is 0 Å². The van der Waals surface area contributed by atoms with Gasteiger partial charge in [0.1, 0.15) is 0 Å². The van der Waals surface area contributed by atoms with Crippen molar-refractivity contribution in [3.05, 3.63) is 0 Å². The van der Waals surface area contributed by atoms with Gasteiger partial charge in [0, 0.05) is 6.04 Å². The van der Waals surface area contributed by atoms with Crippen LogP contribution in [0.1, 0.15) is 12.8 Å². The summed E-state index contributed by atoms with van der Waals surface area (Å²) in [5.41, 5.74) is 5.43. The Labute approximate surface area is 55.2 Å². The molecule has 0 spiro atoms. The minimum absolute atomic E-state index is 0.108. The van der Waals surface area contributed by atoms with E-state index in [1.54, 1.807) is 0 Å². The van der Waals surface area contributed by atoms with E-state index in [4.69, 9.17) is 5.73 Å². The molecule has 1 atom stereocenters.